The molecule has 0 atom stereocenters. The number of hydrogen-bond acceptors (Lipinski definition) is 6. The highest BCUT2D eigenvalue weighted by Crippen LogP contribution is 2.23. The van der Waals surface area contributed by atoms with Crippen molar-refractivity contribution in [1.29, 1.82) is 0 Å². The summed E-state index contributed by atoms with van der Waals surface area (Å²) in [4.78, 5) is 33.3. The number of nitrogens with zero attached hydrogens (tertiary/aromatic N) is 3. The van der Waals surface area contributed by atoms with Gasteiger partial charge in [-0.15, -0.1) is 0 Å². The monoisotopic (exact) mass is 462 g/mol. The summed E-state index contributed by atoms with van der Waals surface area (Å²) in [5.41, 5.74) is 1.43. The van der Waals surface area contributed by atoms with Crippen LogP contribution in [0.5, 0.6) is 0 Å². The van der Waals surface area contributed by atoms with Crippen molar-refractivity contribution >= 4 is 51.1 Å². The SMILES string of the molecule is O=C(O)CCCNc1nc(Nc2cccc(NC(=O)N3CCCC3)c2)ncc1Br. The van der Waals surface area contributed by atoms with Crippen molar-refractivity contribution in [1.82, 2.24) is 14.9 Å². The molecule has 1 aliphatic rings. The molecule has 2 aromatic rings. The Morgan fingerprint density at radius 1 is 1.21 bits per heavy atom. The van der Waals surface area contributed by atoms with E-state index < -0.39 is 5.97 Å². The summed E-state index contributed by atoms with van der Waals surface area (Å²) in [6.45, 7) is 2.07. The molecule has 1 fully saturated rings. The van der Waals surface area contributed by atoms with Crippen LogP contribution in [0.4, 0.5) is 27.9 Å². The standard InChI is InChI=1S/C19H23BrN6O3/c20-15-12-22-18(25-17(15)21-8-4-7-16(27)28)23-13-5-3-6-14(11-13)24-19(29)26-9-1-2-10-26/h3,5-6,11-12H,1-2,4,7-10H2,(H,24,29)(H,27,28)(H2,21,22,23,25). The van der Waals surface area contributed by atoms with Crippen molar-refractivity contribution in [3.05, 3.63) is 34.9 Å². The van der Waals surface area contributed by atoms with Crippen molar-refractivity contribution < 1.29 is 14.7 Å². The van der Waals surface area contributed by atoms with Gasteiger partial charge in [0, 0.05) is 43.6 Å². The zero-order valence-corrected chi connectivity index (χ0v) is 17.4. The van der Waals surface area contributed by atoms with Gasteiger partial charge in [0.15, 0.2) is 0 Å². The number of halogens is 1. The zero-order chi connectivity index (χ0) is 20.6. The molecule has 4 N–H and O–H groups in total. The van der Waals surface area contributed by atoms with Crippen molar-refractivity contribution in [2.75, 3.05) is 35.6 Å². The number of anilines is 4. The third kappa shape index (κ3) is 6.31. The minimum atomic E-state index is -0.826. The van der Waals surface area contributed by atoms with Gasteiger partial charge in [-0.1, -0.05) is 6.07 Å². The molecule has 0 bridgehead atoms. The van der Waals surface area contributed by atoms with Crippen LogP contribution in [-0.4, -0.2) is 51.6 Å². The minimum Gasteiger partial charge on any atom is -0.481 e. The van der Waals surface area contributed by atoms with E-state index in [4.69, 9.17) is 5.11 Å². The molecule has 154 valence electrons. The molecule has 1 aromatic carbocycles. The summed E-state index contributed by atoms with van der Waals surface area (Å²) in [7, 11) is 0. The molecule has 1 saturated heterocycles. The van der Waals surface area contributed by atoms with Crippen molar-refractivity contribution in [2.24, 2.45) is 0 Å². The number of rotatable bonds is 8. The van der Waals surface area contributed by atoms with Crippen LogP contribution in [0.2, 0.25) is 0 Å². The van der Waals surface area contributed by atoms with Crippen molar-refractivity contribution in [3.8, 4) is 0 Å². The van der Waals surface area contributed by atoms with Crippen molar-refractivity contribution in [2.45, 2.75) is 25.7 Å². The summed E-state index contributed by atoms with van der Waals surface area (Å²) < 4.78 is 0.685. The molecule has 0 saturated carbocycles. The molecular weight excluding hydrogens is 440 g/mol. The number of carbonyl (C=O) groups is 2. The number of hydrogen-bond donors (Lipinski definition) is 4. The average Bonchev–Trinajstić information content (AvgIpc) is 3.23. The van der Waals surface area contributed by atoms with Gasteiger partial charge in [0.05, 0.1) is 4.47 Å². The molecule has 1 aliphatic heterocycles. The number of likely N-dealkylation sites (tertiary alicyclic amines) is 1. The maximum Gasteiger partial charge on any atom is 0.321 e. The first-order chi connectivity index (χ1) is 14.0. The second-order valence-corrected chi connectivity index (χ2v) is 7.50. The summed E-state index contributed by atoms with van der Waals surface area (Å²) >= 11 is 3.38. The Kier molecular flexibility index (Phi) is 7.23. The van der Waals surface area contributed by atoms with Gasteiger partial charge in [0.25, 0.3) is 0 Å². The molecule has 0 unspecified atom stereocenters. The molecule has 2 heterocycles. The predicted molar refractivity (Wildman–Crippen MR) is 115 cm³/mol. The Balaban J connectivity index is 1.61. The Hall–Kier alpha value is -2.88. The summed E-state index contributed by atoms with van der Waals surface area (Å²) in [5, 5.41) is 17.8. The Labute approximate surface area is 177 Å². The van der Waals surface area contributed by atoms with E-state index in [1.165, 1.54) is 0 Å². The highest BCUT2D eigenvalue weighted by atomic mass is 79.9. The first-order valence-electron chi connectivity index (χ1n) is 9.42. The first-order valence-corrected chi connectivity index (χ1v) is 10.2. The Bertz CT molecular complexity index is 873. The van der Waals surface area contributed by atoms with Crippen LogP contribution in [0.25, 0.3) is 0 Å². The minimum absolute atomic E-state index is 0.0904. The average molecular weight is 463 g/mol. The molecule has 0 spiro atoms. The lowest BCUT2D eigenvalue weighted by atomic mass is 10.3. The maximum atomic E-state index is 12.3. The fraction of sp³-hybridized carbons (Fsp3) is 0.368. The number of carboxylic acid groups (broad SMARTS) is 1. The van der Waals surface area contributed by atoms with Crippen LogP contribution in [0.1, 0.15) is 25.7 Å². The van der Waals surface area contributed by atoms with E-state index >= 15 is 0 Å². The number of aromatic nitrogens is 2. The number of carbonyl (C=O) groups excluding carboxylic acids is 1. The third-order valence-corrected chi connectivity index (χ3v) is 4.95. The van der Waals surface area contributed by atoms with Crippen LogP contribution >= 0.6 is 15.9 Å². The van der Waals surface area contributed by atoms with Crippen LogP contribution < -0.4 is 16.0 Å². The molecule has 10 heteroatoms. The molecule has 2 amide bonds. The van der Waals surface area contributed by atoms with E-state index in [1.54, 1.807) is 11.1 Å². The second kappa shape index (κ2) is 10.1. The van der Waals surface area contributed by atoms with Gasteiger partial charge in [-0.2, -0.15) is 4.98 Å². The number of carboxylic acids is 1. The number of benzene rings is 1. The van der Waals surface area contributed by atoms with E-state index in [0.717, 1.165) is 31.6 Å². The first kappa shape index (κ1) is 20.8. The van der Waals surface area contributed by atoms with E-state index in [-0.39, 0.29) is 12.5 Å². The molecule has 9 nitrogen and oxygen atoms in total. The van der Waals surface area contributed by atoms with Gasteiger partial charge < -0.3 is 26.0 Å². The lowest BCUT2D eigenvalue weighted by Crippen LogP contribution is -2.32. The van der Waals surface area contributed by atoms with Gasteiger partial charge in [-0.3, -0.25) is 4.79 Å². The van der Waals surface area contributed by atoms with Crippen LogP contribution in [0, 0.1) is 0 Å². The highest BCUT2D eigenvalue weighted by Gasteiger charge is 2.17. The molecular formula is C19H23BrN6O3. The zero-order valence-electron chi connectivity index (χ0n) is 15.8. The Morgan fingerprint density at radius 2 is 1.97 bits per heavy atom. The lowest BCUT2D eigenvalue weighted by molar-refractivity contribution is -0.137. The fourth-order valence-corrected chi connectivity index (χ4v) is 3.26. The Morgan fingerprint density at radius 3 is 2.72 bits per heavy atom. The van der Waals surface area contributed by atoms with E-state index in [1.807, 2.05) is 24.3 Å². The topological polar surface area (TPSA) is 119 Å². The lowest BCUT2D eigenvalue weighted by Gasteiger charge is -2.16. The molecule has 1 aromatic heterocycles. The van der Waals surface area contributed by atoms with Gasteiger partial charge in [0.2, 0.25) is 5.95 Å². The van der Waals surface area contributed by atoms with Crippen LogP contribution in [0.15, 0.2) is 34.9 Å². The summed E-state index contributed by atoms with van der Waals surface area (Å²) in [6, 6.07) is 7.26. The van der Waals surface area contributed by atoms with Crippen molar-refractivity contribution in [3.63, 3.8) is 0 Å². The predicted octanol–water partition coefficient (Wildman–Crippen LogP) is 3.89. The number of aliphatic carboxylic acids is 1. The van der Waals surface area contributed by atoms with E-state index in [0.29, 0.717) is 34.9 Å². The van der Waals surface area contributed by atoms with E-state index in [9.17, 15) is 9.59 Å². The van der Waals surface area contributed by atoms with Gasteiger partial charge in [-0.25, -0.2) is 9.78 Å². The quantitative estimate of drug-likeness (QED) is 0.439. The van der Waals surface area contributed by atoms with Crippen LogP contribution in [0.3, 0.4) is 0 Å². The van der Waals surface area contributed by atoms with E-state index in [2.05, 4.69) is 41.8 Å². The molecule has 3 rings (SSSR count). The van der Waals surface area contributed by atoms with Gasteiger partial charge >= 0.3 is 12.0 Å². The smallest absolute Gasteiger partial charge is 0.321 e. The molecule has 0 radical (unpaired) electrons. The normalized spacial score (nSPS) is 13.2. The van der Waals surface area contributed by atoms with Gasteiger partial charge in [-0.05, 0) is 53.4 Å². The number of nitrogens with one attached hydrogen (secondary N) is 3. The summed E-state index contributed by atoms with van der Waals surface area (Å²) in [5.74, 6) is 0.135. The number of urea groups is 1. The largest absolute Gasteiger partial charge is 0.481 e. The van der Waals surface area contributed by atoms with Crippen LogP contribution in [-0.2, 0) is 4.79 Å². The van der Waals surface area contributed by atoms with Gasteiger partial charge in [0.1, 0.15) is 5.82 Å². The third-order valence-electron chi connectivity index (χ3n) is 4.37. The fourth-order valence-electron chi connectivity index (χ4n) is 2.92. The molecule has 0 aliphatic carbocycles. The molecule has 29 heavy (non-hydrogen) atoms. The second-order valence-electron chi connectivity index (χ2n) is 6.64. The highest BCUT2D eigenvalue weighted by molar-refractivity contribution is 9.10. The summed E-state index contributed by atoms with van der Waals surface area (Å²) in [6.07, 6.45) is 4.29. The maximum absolute atomic E-state index is 12.3. The number of amides is 2.